The molecule has 0 aliphatic carbocycles. The van der Waals surface area contributed by atoms with Gasteiger partial charge in [0.1, 0.15) is 12.2 Å². The molecule has 0 aliphatic heterocycles. The summed E-state index contributed by atoms with van der Waals surface area (Å²) in [5.74, 6) is 0.780. The van der Waals surface area contributed by atoms with Crippen molar-refractivity contribution < 1.29 is 0 Å². The zero-order valence-corrected chi connectivity index (χ0v) is 10.4. The first-order valence-electron chi connectivity index (χ1n) is 4.94. The van der Waals surface area contributed by atoms with Crippen LogP contribution in [0.3, 0.4) is 0 Å². The molecule has 2 aromatic heterocycles. The Morgan fingerprint density at radius 1 is 1.50 bits per heavy atom. The van der Waals surface area contributed by atoms with E-state index in [-0.39, 0.29) is 5.56 Å². The molecule has 0 saturated heterocycles. The molecule has 0 radical (unpaired) electrons. The largest absolute Gasteiger partial charge is 0.307 e. The predicted molar refractivity (Wildman–Crippen MR) is 63.2 cm³/mol. The Balaban J connectivity index is 2.34. The molecule has 0 atom stereocenters. The van der Waals surface area contributed by atoms with E-state index in [1.165, 1.54) is 6.33 Å². The van der Waals surface area contributed by atoms with Crippen molar-refractivity contribution in [3.63, 3.8) is 0 Å². The molecular formula is C10H11BrN4O. The van der Waals surface area contributed by atoms with Crippen LogP contribution in [-0.2, 0) is 13.1 Å². The summed E-state index contributed by atoms with van der Waals surface area (Å²) in [5.41, 5.74) is -0.0619. The van der Waals surface area contributed by atoms with Crippen LogP contribution in [0.1, 0.15) is 12.7 Å². The maximum Gasteiger partial charge on any atom is 0.265 e. The summed E-state index contributed by atoms with van der Waals surface area (Å²) >= 11 is 3.21. The number of hydrogen-bond donors (Lipinski definition) is 0. The van der Waals surface area contributed by atoms with Gasteiger partial charge in [0.25, 0.3) is 5.56 Å². The maximum absolute atomic E-state index is 11.8. The summed E-state index contributed by atoms with van der Waals surface area (Å²) in [6.07, 6.45) is 3.24. The van der Waals surface area contributed by atoms with Crippen molar-refractivity contribution in [2.45, 2.75) is 20.0 Å². The average Bonchev–Trinajstić information content (AvgIpc) is 2.72. The standard InChI is InChI=1S/C10H11BrN4O/c1-2-15-9(12-7-13-15)6-14-5-3-4-8(11)10(14)16/h3-5,7H,2,6H2,1H3. The number of rotatable bonds is 3. The van der Waals surface area contributed by atoms with E-state index >= 15 is 0 Å². The smallest absolute Gasteiger partial charge is 0.265 e. The van der Waals surface area contributed by atoms with E-state index in [2.05, 4.69) is 26.0 Å². The molecule has 6 heteroatoms. The second kappa shape index (κ2) is 4.61. The van der Waals surface area contributed by atoms with Crippen molar-refractivity contribution >= 4 is 15.9 Å². The Bertz CT molecular complexity index is 546. The number of aromatic nitrogens is 4. The second-order valence-corrected chi connectivity index (χ2v) is 4.14. The van der Waals surface area contributed by atoms with Gasteiger partial charge in [-0.2, -0.15) is 5.10 Å². The highest BCUT2D eigenvalue weighted by Gasteiger charge is 2.05. The quantitative estimate of drug-likeness (QED) is 0.852. The molecule has 0 spiro atoms. The lowest BCUT2D eigenvalue weighted by atomic mass is 10.4. The normalized spacial score (nSPS) is 10.6. The number of aryl methyl sites for hydroxylation is 1. The molecule has 2 rings (SSSR count). The average molecular weight is 283 g/mol. The minimum atomic E-state index is -0.0619. The molecule has 0 bridgehead atoms. The molecular weight excluding hydrogens is 272 g/mol. The zero-order chi connectivity index (χ0) is 11.5. The Morgan fingerprint density at radius 2 is 2.31 bits per heavy atom. The summed E-state index contributed by atoms with van der Waals surface area (Å²) in [6, 6.07) is 3.54. The molecule has 0 aromatic carbocycles. The Kier molecular flexibility index (Phi) is 3.19. The molecule has 0 aliphatic rings. The highest BCUT2D eigenvalue weighted by molar-refractivity contribution is 9.10. The fourth-order valence-electron chi connectivity index (χ4n) is 1.46. The Hall–Kier alpha value is -1.43. The first-order valence-corrected chi connectivity index (χ1v) is 5.73. The lowest BCUT2D eigenvalue weighted by molar-refractivity contribution is 0.585. The maximum atomic E-state index is 11.8. The highest BCUT2D eigenvalue weighted by Crippen LogP contribution is 2.02. The minimum absolute atomic E-state index is 0.0619. The number of halogens is 1. The third-order valence-electron chi connectivity index (χ3n) is 2.28. The van der Waals surface area contributed by atoms with Gasteiger partial charge in [0, 0.05) is 12.7 Å². The van der Waals surface area contributed by atoms with Gasteiger partial charge in [-0.05, 0) is 35.0 Å². The van der Waals surface area contributed by atoms with Crippen LogP contribution in [0.5, 0.6) is 0 Å². The molecule has 0 saturated carbocycles. The molecule has 2 heterocycles. The van der Waals surface area contributed by atoms with E-state index in [9.17, 15) is 4.79 Å². The first-order chi connectivity index (χ1) is 7.72. The van der Waals surface area contributed by atoms with Gasteiger partial charge in [0.2, 0.25) is 0 Å². The van der Waals surface area contributed by atoms with Crippen molar-refractivity contribution in [2.75, 3.05) is 0 Å². The van der Waals surface area contributed by atoms with Crippen LogP contribution in [0.25, 0.3) is 0 Å². The molecule has 0 fully saturated rings. The van der Waals surface area contributed by atoms with Gasteiger partial charge in [-0.3, -0.25) is 4.79 Å². The summed E-state index contributed by atoms with van der Waals surface area (Å²) in [5, 5.41) is 4.06. The molecule has 0 unspecified atom stereocenters. The molecule has 0 amide bonds. The van der Waals surface area contributed by atoms with Crippen LogP contribution in [0.4, 0.5) is 0 Å². The first kappa shape index (κ1) is 11.1. The van der Waals surface area contributed by atoms with Crippen LogP contribution in [0.2, 0.25) is 0 Å². The van der Waals surface area contributed by atoms with Crippen molar-refractivity contribution in [3.05, 3.63) is 45.3 Å². The van der Waals surface area contributed by atoms with Crippen LogP contribution in [0.15, 0.2) is 33.9 Å². The van der Waals surface area contributed by atoms with Gasteiger partial charge in [-0.25, -0.2) is 9.67 Å². The Morgan fingerprint density at radius 3 is 3.06 bits per heavy atom. The molecule has 16 heavy (non-hydrogen) atoms. The Labute approximate surface area is 101 Å². The van der Waals surface area contributed by atoms with E-state index in [1.807, 2.05) is 13.0 Å². The number of pyridine rings is 1. The molecule has 5 nitrogen and oxygen atoms in total. The van der Waals surface area contributed by atoms with Crippen LogP contribution in [-0.4, -0.2) is 19.3 Å². The van der Waals surface area contributed by atoms with Gasteiger partial charge in [-0.1, -0.05) is 0 Å². The predicted octanol–water partition coefficient (Wildman–Crippen LogP) is 1.27. The third kappa shape index (κ3) is 2.06. The summed E-state index contributed by atoms with van der Waals surface area (Å²) < 4.78 is 3.92. The topological polar surface area (TPSA) is 52.7 Å². The van der Waals surface area contributed by atoms with E-state index in [0.29, 0.717) is 11.0 Å². The van der Waals surface area contributed by atoms with Crippen molar-refractivity contribution in [1.29, 1.82) is 0 Å². The number of nitrogens with zero attached hydrogens (tertiary/aromatic N) is 4. The van der Waals surface area contributed by atoms with Crippen molar-refractivity contribution in [2.24, 2.45) is 0 Å². The minimum Gasteiger partial charge on any atom is -0.307 e. The fourth-order valence-corrected chi connectivity index (χ4v) is 1.84. The lowest BCUT2D eigenvalue weighted by Gasteiger charge is -2.06. The van der Waals surface area contributed by atoms with Crippen LogP contribution in [0, 0.1) is 0 Å². The highest BCUT2D eigenvalue weighted by atomic mass is 79.9. The summed E-state index contributed by atoms with van der Waals surface area (Å²) in [7, 11) is 0. The van der Waals surface area contributed by atoms with E-state index in [1.54, 1.807) is 21.5 Å². The van der Waals surface area contributed by atoms with Gasteiger partial charge >= 0.3 is 0 Å². The third-order valence-corrected chi connectivity index (χ3v) is 2.88. The van der Waals surface area contributed by atoms with Gasteiger partial charge < -0.3 is 4.57 Å². The lowest BCUT2D eigenvalue weighted by Crippen LogP contribution is -2.22. The number of hydrogen-bond acceptors (Lipinski definition) is 3. The van der Waals surface area contributed by atoms with Gasteiger partial charge in [0.15, 0.2) is 0 Å². The fraction of sp³-hybridized carbons (Fsp3) is 0.300. The zero-order valence-electron chi connectivity index (χ0n) is 8.80. The van der Waals surface area contributed by atoms with E-state index in [0.717, 1.165) is 12.4 Å². The van der Waals surface area contributed by atoms with Gasteiger partial charge in [0.05, 0.1) is 11.0 Å². The van der Waals surface area contributed by atoms with Crippen molar-refractivity contribution in [1.82, 2.24) is 19.3 Å². The molecule has 0 N–H and O–H groups in total. The monoisotopic (exact) mass is 282 g/mol. The second-order valence-electron chi connectivity index (χ2n) is 3.28. The molecule has 84 valence electrons. The SMILES string of the molecule is CCn1ncnc1Cn1cccc(Br)c1=O. The van der Waals surface area contributed by atoms with Gasteiger partial charge in [-0.15, -0.1) is 0 Å². The van der Waals surface area contributed by atoms with Crippen LogP contribution >= 0.6 is 15.9 Å². The molecule has 2 aromatic rings. The summed E-state index contributed by atoms with van der Waals surface area (Å²) in [6.45, 7) is 3.17. The van der Waals surface area contributed by atoms with Crippen molar-refractivity contribution in [3.8, 4) is 0 Å². The summed E-state index contributed by atoms with van der Waals surface area (Å²) in [4.78, 5) is 15.9. The van der Waals surface area contributed by atoms with Crippen LogP contribution < -0.4 is 5.56 Å². The van der Waals surface area contributed by atoms with E-state index < -0.39 is 0 Å². The van der Waals surface area contributed by atoms with E-state index in [4.69, 9.17) is 0 Å².